The smallest absolute Gasteiger partial charge is 0.255 e. The number of rotatable bonds is 11. The zero-order valence-electron chi connectivity index (χ0n) is 25.6. The van der Waals surface area contributed by atoms with Crippen molar-refractivity contribution in [2.45, 2.75) is 6.42 Å². The number of amides is 1. The third-order valence-electron chi connectivity index (χ3n) is 7.24. The van der Waals surface area contributed by atoms with Crippen LogP contribution >= 0.6 is 0 Å². The second kappa shape index (κ2) is 13.8. The lowest BCUT2D eigenvalue weighted by Gasteiger charge is -2.10. The molecule has 3 aromatic heterocycles. The van der Waals surface area contributed by atoms with E-state index < -0.39 is 0 Å². The predicted octanol–water partition coefficient (Wildman–Crippen LogP) is 6.68. The zero-order valence-corrected chi connectivity index (χ0v) is 25.6. The van der Waals surface area contributed by atoms with Crippen LogP contribution in [0.3, 0.4) is 0 Å². The van der Waals surface area contributed by atoms with Crippen LogP contribution in [-0.4, -0.2) is 56.8 Å². The lowest BCUT2D eigenvalue weighted by molar-refractivity contribution is -0.114. The van der Waals surface area contributed by atoms with Gasteiger partial charge < -0.3 is 15.5 Å². The van der Waals surface area contributed by atoms with E-state index in [0.29, 0.717) is 23.7 Å². The molecule has 6 aromatic rings. The van der Waals surface area contributed by atoms with E-state index in [1.165, 1.54) is 0 Å². The van der Waals surface area contributed by atoms with Gasteiger partial charge in [0, 0.05) is 47.9 Å². The highest BCUT2D eigenvalue weighted by atomic mass is 16.1. The van der Waals surface area contributed by atoms with Crippen LogP contribution in [0.4, 0.5) is 17.3 Å². The van der Waals surface area contributed by atoms with Gasteiger partial charge in [-0.15, -0.1) is 0 Å². The molecule has 0 radical (unpaired) electrons. The van der Waals surface area contributed by atoms with Crippen LogP contribution < -0.4 is 10.6 Å². The number of aromatic nitrogens is 4. The number of allylic oxidation sites excluding steroid dienone is 1. The Labute approximate surface area is 267 Å². The van der Waals surface area contributed by atoms with Crippen LogP contribution in [0.2, 0.25) is 0 Å². The summed E-state index contributed by atoms with van der Waals surface area (Å²) in [5.41, 5.74) is 7.12. The van der Waals surface area contributed by atoms with Crippen LogP contribution in [0.5, 0.6) is 0 Å². The summed E-state index contributed by atoms with van der Waals surface area (Å²) in [5.74, 6) is 0.177. The minimum Gasteiger partial charge on any atom is -0.324 e. The average molecular weight is 608 g/mol. The molecular weight excluding hydrogens is 574 g/mol. The summed E-state index contributed by atoms with van der Waals surface area (Å²) >= 11 is 0. The van der Waals surface area contributed by atoms with Crippen molar-refractivity contribution in [2.24, 2.45) is 0 Å². The Morgan fingerprint density at radius 1 is 0.870 bits per heavy atom. The Balaban J connectivity index is 1.14. The van der Waals surface area contributed by atoms with Crippen LogP contribution in [0, 0.1) is 0 Å². The first-order valence-electron chi connectivity index (χ1n) is 14.9. The minimum absolute atomic E-state index is 0.00711. The van der Waals surface area contributed by atoms with Crippen molar-refractivity contribution in [3.8, 4) is 22.5 Å². The molecule has 2 N–H and O–H groups in total. The Hall–Kier alpha value is -5.93. The molecule has 0 aliphatic carbocycles. The molecule has 3 aromatic carbocycles. The third-order valence-corrected chi connectivity index (χ3v) is 7.24. The van der Waals surface area contributed by atoms with Crippen molar-refractivity contribution in [3.63, 3.8) is 0 Å². The maximum atomic E-state index is 13.0. The second-order valence-electron chi connectivity index (χ2n) is 11.1. The number of hydrogen-bond donors (Lipinski definition) is 2. The molecule has 0 bridgehead atoms. The van der Waals surface area contributed by atoms with E-state index >= 15 is 0 Å². The molecule has 1 amide bonds. The summed E-state index contributed by atoms with van der Waals surface area (Å²) in [6.45, 7) is 0.695. The Kier molecular flexibility index (Phi) is 9.03. The van der Waals surface area contributed by atoms with Crippen LogP contribution in [0.15, 0.2) is 128 Å². The van der Waals surface area contributed by atoms with Crippen molar-refractivity contribution in [3.05, 3.63) is 139 Å². The molecule has 9 heteroatoms. The van der Waals surface area contributed by atoms with Gasteiger partial charge in [-0.05, 0) is 80.3 Å². The number of carbonyl (C=O) groups excluding carboxylic acids is 2. The normalized spacial score (nSPS) is 11.3. The largest absolute Gasteiger partial charge is 0.324 e. The topological polar surface area (TPSA) is 105 Å². The number of ketones is 1. The second-order valence-corrected chi connectivity index (χ2v) is 11.1. The number of nitrogens with one attached hydrogen (secondary N) is 2. The van der Waals surface area contributed by atoms with E-state index in [9.17, 15) is 9.59 Å². The van der Waals surface area contributed by atoms with Crippen LogP contribution in [0.25, 0.3) is 28.0 Å². The monoisotopic (exact) mass is 607 g/mol. The van der Waals surface area contributed by atoms with Crippen molar-refractivity contribution in [1.29, 1.82) is 0 Å². The van der Waals surface area contributed by atoms with Crippen LogP contribution in [0.1, 0.15) is 15.9 Å². The van der Waals surface area contributed by atoms with E-state index in [0.717, 1.165) is 39.3 Å². The number of pyridine rings is 1. The number of carbonyl (C=O) groups is 2. The van der Waals surface area contributed by atoms with Gasteiger partial charge in [0.15, 0.2) is 5.78 Å². The first kappa shape index (κ1) is 30.1. The Bertz CT molecular complexity index is 2020. The van der Waals surface area contributed by atoms with Gasteiger partial charge in [0.05, 0.1) is 16.8 Å². The molecule has 0 fully saturated rings. The first-order valence-corrected chi connectivity index (χ1v) is 14.9. The number of hydrogen-bond acceptors (Lipinski definition) is 7. The average Bonchev–Trinajstić information content (AvgIpc) is 3.46. The van der Waals surface area contributed by atoms with E-state index in [1.807, 2.05) is 121 Å². The molecule has 0 spiro atoms. The molecule has 0 aliphatic rings. The maximum absolute atomic E-state index is 13.0. The summed E-state index contributed by atoms with van der Waals surface area (Å²) in [4.78, 5) is 36.6. The number of likely N-dealkylation sites (N-methyl/N-ethyl adjacent to an activating group) is 1. The summed E-state index contributed by atoms with van der Waals surface area (Å²) in [7, 11) is 3.89. The van der Waals surface area contributed by atoms with Gasteiger partial charge in [0.1, 0.15) is 5.69 Å². The van der Waals surface area contributed by atoms with Gasteiger partial charge in [-0.3, -0.25) is 9.59 Å². The van der Waals surface area contributed by atoms with E-state index in [4.69, 9.17) is 10.1 Å². The van der Waals surface area contributed by atoms with E-state index in [1.54, 1.807) is 30.5 Å². The fourth-order valence-electron chi connectivity index (χ4n) is 5.05. The summed E-state index contributed by atoms with van der Waals surface area (Å²) in [6.07, 6.45) is 7.31. The molecule has 0 saturated heterocycles. The highest BCUT2D eigenvalue weighted by Crippen LogP contribution is 2.34. The SMILES string of the molecule is CN(C)C/C=C/C(=O)Cc1cccc(C(=O)Nc2ccc(Nc3nccc(-c4c(-c5ccccc5)nn5ccccc45)n3)cc2)c1. The molecular formula is C37H33N7O2. The van der Waals surface area contributed by atoms with Crippen molar-refractivity contribution >= 4 is 34.5 Å². The van der Waals surface area contributed by atoms with Gasteiger partial charge in [-0.1, -0.05) is 54.6 Å². The van der Waals surface area contributed by atoms with E-state index in [-0.39, 0.29) is 18.1 Å². The highest BCUT2D eigenvalue weighted by molar-refractivity contribution is 6.04. The molecule has 228 valence electrons. The zero-order chi connectivity index (χ0) is 31.9. The Morgan fingerprint density at radius 3 is 2.46 bits per heavy atom. The van der Waals surface area contributed by atoms with Gasteiger partial charge in [0.25, 0.3) is 5.91 Å². The molecule has 9 nitrogen and oxygen atoms in total. The molecule has 46 heavy (non-hydrogen) atoms. The molecule has 3 heterocycles. The molecule has 0 aliphatic heterocycles. The van der Waals surface area contributed by atoms with Crippen molar-refractivity contribution in [2.75, 3.05) is 31.3 Å². The quantitative estimate of drug-likeness (QED) is 0.158. The third kappa shape index (κ3) is 7.23. The first-order chi connectivity index (χ1) is 22.4. The number of anilines is 3. The summed E-state index contributed by atoms with van der Waals surface area (Å²) in [6, 6.07) is 32.3. The fraction of sp³-hybridized carbons (Fsp3) is 0.108. The molecule has 0 unspecified atom stereocenters. The lowest BCUT2D eigenvalue weighted by Crippen LogP contribution is -2.13. The van der Waals surface area contributed by atoms with Gasteiger partial charge >= 0.3 is 0 Å². The summed E-state index contributed by atoms with van der Waals surface area (Å²) in [5, 5.41) is 11.0. The standard InChI is InChI=1S/C37H33N7O2/c1-43(2)22-9-14-31(45)25-26-10-8-13-28(24-26)36(46)39-29-16-18-30(19-17-29)40-37-38-21-20-32(41-37)34-33-15-6-7-23-44(33)42-35(34)27-11-4-3-5-12-27/h3-21,23-24H,22,25H2,1-2H3,(H,39,46)(H,38,40,41)/b14-9+. The highest BCUT2D eigenvalue weighted by Gasteiger charge is 2.18. The van der Waals surface area contributed by atoms with Gasteiger partial charge in [-0.25, -0.2) is 14.5 Å². The fourth-order valence-corrected chi connectivity index (χ4v) is 5.05. The van der Waals surface area contributed by atoms with Gasteiger partial charge in [0.2, 0.25) is 5.95 Å². The number of fused-ring (bicyclic) bond motifs is 1. The maximum Gasteiger partial charge on any atom is 0.255 e. The number of benzene rings is 3. The van der Waals surface area contributed by atoms with Crippen LogP contribution in [-0.2, 0) is 11.2 Å². The van der Waals surface area contributed by atoms with Crippen molar-refractivity contribution < 1.29 is 9.59 Å². The summed E-state index contributed by atoms with van der Waals surface area (Å²) < 4.78 is 1.86. The predicted molar refractivity (Wildman–Crippen MR) is 182 cm³/mol. The number of nitrogens with zero attached hydrogens (tertiary/aromatic N) is 5. The lowest BCUT2D eigenvalue weighted by atomic mass is 10.0. The Morgan fingerprint density at radius 2 is 1.65 bits per heavy atom. The van der Waals surface area contributed by atoms with Gasteiger partial charge in [-0.2, -0.15) is 5.10 Å². The van der Waals surface area contributed by atoms with E-state index in [2.05, 4.69) is 15.6 Å². The minimum atomic E-state index is -0.253. The molecule has 0 atom stereocenters. The molecule has 0 saturated carbocycles. The van der Waals surface area contributed by atoms with Crippen molar-refractivity contribution in [1.82, 2.24) is 24.5 Å². The molecule has 6 rings (SSSR count).